The zero-order valence-electron chi connectivity index (χ0n) is 11.0. The summed E-state index contributed by atoms with van der Waals surface area (Å²) in [7, 11) is 0. The smallest absolute Gasteiger partial charge is 0.186 e. The van der Waals surface area contributed by atoms with Crippen molar-refractivity contribution in [1.82, 2.24) is 9.97 Å². The monoisotopic (exact) mass is 239 g/mol. The lowest BCUT2D eigenvalue weighted by molar-refractivity contribution is 0.543. The number of rotatable bonds is 7. The van der Waals surface area contributed by atoms with E-state index >= 15 is 0 Å². The first-order valence-electron chi connectivity index (χ1n) is 6.38. The quantitative estimate of drug-likeness (QED) is 0.741. The zero-order valence-corrected chi connectivity index (χ0v) is 11.0. The van der Waals surface area contributed by atoms with Crippen LogP contribution in [0, 0.1) is 11.7 Å². The van der Waals surface area contributed by atoms with Crippen molar-refractivity contribution in [2.75, 3.05) is 11.9 Å². The van der Waals surface area contributed by atoms with Gasteiger partial charge in [-0.1, -0.05) is 33.6 Å². The maximum absolute atomic E-state index is 13.7. The summed E-state index contributed by atoms with van der Waals surface area (Å²) in [6.45, 7) is 7.08. The number of hydrogen-bond donors (Lipinski definition) is 1. The molecule has 1 N–H and O–H groups in total. The van der Waals surface area contributed by atoms with E-state index in [4.69, 9.17) is 0 Å². The molecule has 1 rings (SSSR count). The van der Waals surface area contributed by atoms with Gasteiger partial charge in [-0.05, 0) is 18.8 Å². The van der Waals surface area contributed by atoms with E-state index < -0.39 is 0 Å². The Hall–Kier alpha value is -1.19. The largest absolute Gasteiger partial charge is 0.368 e. The Morgan fingerprint density at radius 1 is 1.29 bits per heavy atom. The lowest BCUT2D eigenvalue weighted by atomic mass is 10.1. The molecule has 1 heterocycles. The minimum absolute atomic E-state index is 0.307. The van der Waals surface area contributed by atoms with Crippen LogP contribution in [0.25, 0.3) is 0 Å². The van der Waals surface area contributed by atoms with Crippen LogP contribution in [0.3, 0.4) is 0 Å². The second kappa shape index (κ2) is 7.20. The number of aryl methyl sites for hydroxylation is 1. The summed E-state index contributed by atoms with van der Waals surface area (Å²) in [6.07, 6.45) is 5.43. The molecule has 96 valence electrons. The van der Waals surface area contributed by atoms with Crippen LogP contribution < -0.4 is 5.32 Å². The molecule has 0 atom stereocenters. The minimum atomic E-state index is -0.307. The van der Waals surface area contributed by atoms with E-state index in [9.17, 15) is 4.39 Å². The molecule has 0 amide bonds. The predicted molar refractivity (Wildman–Crippen MR) is 68.5 cm³/mol. The Bertz CT molecular complexity index is 339. The Balaban J connectivity index is 2.36. The van der Waals surface area contributed by atoms with Crippen molar-refractivity contribution in [3.05, 3.63) is 17.8 Å². The maximum Gasteiger partial charge on any atom is 0.186 e. The number of anilines is 1. The molecule has 0 unspecified atom stereocenters. The van der Waals surface area contributed by atoms with Crippen molar-refractivity contribution in [1.29, 1.82) is 0 Å². The highest BCUT2D eigenvalue weighted by Crippen LogP contribution is 2.13. The molecule has 1 aromatic rings. The molecular formula is C13H22FN3. The van der Waals surface area contributed by atoms with Crippen molar-refractivity contribution in [3.8, 4) is 0 Å². The average Bonchev–Trinajstić information content (AvgIpc) is 2.30. The fraction of sp³-hybridized carbons (Fsp3) is 0.692. The second-order valence-corrected chi connectivity index (χ2v) is 4.65. The average molecular weight is 239 g/mol. The normalized spacial score (nSPS) is 10.9. The number of unbranched alkanes of at least 4 members (excludes halogenated alkanes) is 1. The van der Waals surface area contributed by atoms with Gasteiger partial charge < -0.3 is 5.32 Å². The number of nitrogens with one attached hydrogen (secondary N) is 1. The van der Waals surface area contributed by atoms with Gasteiger partial charge in [0.2, 0.25) is 0 Å². The summed E-state index contributed by atoms with van der Waals surface area (Å²) in [5.41, 5.74) is 0.477. The molecule has 3 nitrogen and oxygen atoms in total. The van der Waals surface area contributed by atoms with Crippen LogP contribution in [-0.4, -0.2) is 16.5 Å². The molecule has 0 aliphatic carbocycles. The van der Waals surface area contributed by atoms with E-state index in [1.807, 2.05) is 6.92 Å². The summed E-state index contributed by atoms with van der Waals surface area (Å²) in [5, 5.41) is 3.04. The highest BCUT2D eigenvalue weighted by Gasteiger charge is 2.08. The highest BCUT2D eigenvalue weighted by atomic mass is 19.1. The lowest BCUT2D eigenvalue weighted by Gasteiger charge is -2.08. The van der Waals surface area contributed by atoms with E-state index in [2.05, 4.69) is 29.1 Å². The molecular weight excluding hydrogens is 217 g/mol. The molecule has 1 aromatic heterocycles. The van der Waals surface area contributed by atoms with Crippen LogP contribution in [-0.2, 0) is 6.42 Å². The SMILES string of the molecule is CCc1ncnc(NCCCCC(C)C)c1F. The first kappa shape index (κ1) is 13.9. The molecule has 4 heteroatoms. The van der Waals surface area contributed by atoms with Gasteiger partial charge in [-0.25, -0.2) is 14.4 Å². The van der Waals surface area contributed by atoms with Crippen molar-refractivity contribution in [2.45, 2.75) is 46.5 Å². The maximum atomic E-state index is 13.7. The van der Waals surface area contributed by atoms with Crippen LogP contribution in [0.15, 0.2) is 6.33 Å². The van der Waals surface area contributed by atoms with Crippen molar-refractivity contribution >= 4 is 5.82 Å². The van der Waals surface area contributed by atoms with Gasteiger partial charge in [-0.3, -0.25) is 0 Å². The van der Waals surface area contributed by atoms with E-state index in [0.717, 1.165) is 25.3 Å². The van der Waals surface area contributed by atoms with E-state index in [1.165, 1.54) is 12.7 Å². The number of hydrogen-bond acceptors (Lipinski definition) is 3. The molecule has 0 spiro atoms. The van der Waals surface area contributed by atoms with Gasteiger partial charge in [-0.15, -0.1) is 0 Å². The second-order valence-electron chi connectivity index (χ2n) is 4.65. The highest BCUT2D eigenvalue weighted by molar-refractivity contribution is 5.36. The molecule has 0 saturated heterocycles. The Morgan fingerprint density at radius 2 is 2.06 bits per heavy atom. The van der Waals surface area contributed by atoms with Crippen LogP contribution in [0.4, 0.5) is 10.2 Å². The first-order chi connectivity index (χ1) is 8.15. The first-order valence-corrected chi connectivity index (χ1v) is 6.38. The third-order valence-electron chi connectivity index (χ3n) is 2.70. The Labute approximate surface area is 103 Å². The fourth-order valence-corrected chi connectivity index (χ4v) is 1.66. The molecule has 0 aliphatic heterocycles. The molecule has 0 radical (unpaired) electrons. The topological polar surface area (TPSA) is 37.8 Å². The van der Waals surface area contributed by atoms with Crippen LogP contribution >= 0.6 is 0 Å². The molecule has 0 fully saturated rings. The van der Waals surface area contributed by atoms with Gasteiger partial charge in [0.15, 0.2) is 11.6 Å². The van der Waals surface area contributed by atoms with Gasteiger partial charge in [-0.2, -0.15) is 0 Å². The zero-order chi connectivity index (χ0) is 12.7. The third-order valence-corrected chi connectivity index (χ3v) is 2.70. The van der Waals surface area contributed by atoms with E-state index in [-0.39, 0.29) is 5.82 Å². The minimum Gasteiger partial charge on any atom is -0.368 e. The third kappa shape index (κ3) is 4.67. The predicted octanol–water partition coefficient (Wildman–Crippen LogP) is 3.42. The summed E-state index contributed by atoms with van der Waals surface area (Å²) in [4.78, 5) is 7.82. The lowest BCUT2D eigenvalue weighted by Crippen LogP contribution is -2.08. The summed E-state index contributed by atoms with van der Waals surface area (Å²) < 4.78 is 13.7. The van der Waals surface area contributed by atoms with Gasteiger partial charge in [0.05, 0.1) is 5.69 Å². The van der Waals surface area contributed by atoms with Crippen LogP contribution in [0.1, 0.15) is 45.7 Å². The summed E-state index contributed by atoms with van der Waals surface area (Å²) >= 11 is 0. The standard InChI is InChI=1S/C13H22FN3/c1-4-11-12(14)13(17-9-16-11)15-8-6-5-7-10(2)3/h9-10H,4-8H2,1-3H3,(H,15,16,17). The number of nitrogens with zero attached hydrogens (tertiary/aromatic N) is 2. The number of aromatic nitrogens is 2. The Kier molecular flexibility index (Phi) is 5.87. The van der Waals surface area contributed by atoms with Crippen molar-refractivity contribution in [3.63, 3.8) is 0 Å². The molecule has 0 bridgehead atoms. The van der Waals surface area contributed by atoms with Crippen molar-refractivity contribution < 1.29 is 4.39 Å². The fourth-order valence-electron chi connectivity index (χ4n) is 1.66. The van der Waals surface area contributed by atoms with E-state index in [1.54, 1.807) is 0 Å². The van der Waals surface area contributed by atoms with E-state index in [0.29, 0.717) is 17.9 Å². The van der Waals surface area contributed by atoms with Gasteiger partial charge in [0.1, 0.15) is 6.33 Å². The molecule has 0 aromatic carbocycles. The molecule has 0 aliphatic rings. The summed E-state index contributed by atoms with van der Waals surface area (Å²) in [5.74, 6) is 0.762. The number of halogens is 1. The van der Waals surface area contributed by atoms with Crippen LogP contribution in [0.5, 0.6) is 0 Å². The van der Waals surface area contributed by atoms with Gasteiger partial charge in [0, 0.05) is 6.54 Å². The summed E-state index contributed by atoms with van der Waals surface area (Å²) in [6, 6.07) is 0. The molecule has 17 heavy (non-hydrogen) atoms. The van der Waals surface area contributed by atoms with Gasteiger partial charge in [0.25, 0.3) is 0 Å². The van der Waals surface area contributed by atoms with Crippen molar-refractivity contribution in [2.24, 2.45) is 5.92 Å². The van der Waals surface area contributed by atoms with Gasteiger partial charge >= 0.3 is 0 Å². The Morgan fingerprint density at radius 3 is 2.71 bits per heavy atom. The molecule has 0 saturated carbocycles. The van der Waals surface area contributed by atoms with Crippen LogP contribution in [0.2, 0.25) is 0 Å².